The third-order valence-corrected chi connectivity index (χ3v) is 5.28. The standard InChI is InChI=1S/C13H26N4O2S/c1-4-5-6-9-16(3)13(14-2)15-8-11-17-10-7-12-20(17,18)19/h4H,1,5-12H2,2-3H3,(H,14,15). The smallest absolute Gasteiger partial charge is 0.214 e. The predicted molar refractivity (Wildman–Crippen MR) is 83.4 cm³/mol. The Morgan fingerprint density at radius 1 is 1.55 bits per heavy atom. The highest BCUT2D eigenvalue weighted by Crippen LogP contribution is 2.11. The Morgan fingerprint density at radius 3 is 2.85 bits per heavy atom. The number of rotatable bonds is 7. The fourth-order valence-electron chi connectivity index (χ4n) is 2.20. The van der Waals surface area contributed by atoms with Crippen LogP contribution in [0.15, 0.2) is 17.6 Å². The van der Waals surface area contributed by atoms with Crippen LogP contribution in [0.3, 0.4) is 0 Å². The van der Waals surface area contributed by atoms with Crippen LogP contribution in [-0.4, -0.2) is 69.6 Å². The quantitative estimate of drug-likeness (QED) is 0.322. The highest BCUT2D eigenvalue weighted by molar-refractivity contribution is 7.89. The van der Waals surface area contributed by atoms with Gasteiger partial charge in [-0.25, -0.2) is 12.7 Å². The summed E-state index contributed by atoms with van der Waals surface area (Å²) in [6, 6.07) is 0. The van der Waals surface area contributed by atoms with Gasteiger partial charge in [0.05, 0.1) is 5.75 Å². The van der Waals surface area contributed by atoms with Gasteiger partial charge in [-0.1, -0.05) is 6.08 Å². The molecule has 20 heavy (non-hydrogen) atoms. The number of guanidine groups is 1. The van der Waals surface area contributed by atoms with Gasteiger partial charge >= 0.3 is 0 Å². The first-order valence-electron chi connectivity index (χ1n) is 7.01. The average molecular weight is 302 g/mol. The van der Waals surface area contributed by atoms with Crippen LogP contribution in [0.1, 0.15) is 19.3 Å². The maximum Gasteiger partial charge on any atom is 0.214 e. The summed E-state index contributed by atoms with van der Waals surface area (Å²) in [6.45, 7) is 6.32. The van der Waals surface area contributed by atoms with Gasteiger partial charge in [-0.3, -0.25) is 4.99 Å². The van der Waals surface area contributed by atoms with Gasteiger partial charge in [-0.2, -0.15) is 0 Å². The second kappa shape index (κ2) is 8.26. The van der Waals surface area contributed by atoms with E-state index in [1.807, 2.05) is 18.0 Å². The lowest BCUT2D eigenvalue weighted by molar-refractivity contribution is 0.432. The topological polar surface area (TPSA) is 65.0 Å². The van der Waals surface area contributed by atoms with E-state index in [1.54, 1.807) is 11.4 Å². The molecule has 0 bridgehead atoms. The van der Waals surface area contributed by atoms with Crippen LogP contribution in [0.4, 0.5) is 0 Å². The zero-order valence-electron chi connectivity index (χ0n) is 12.5. The number of nitrogens with zero attached hydrogens (tertiary/aromatic N) is 3. The molecule has 0 atom stereocenters. The van der Waals surface area contributed by atoms with E-state index < -0.39 is 10.0 Å². The van der Waals surface area contributed by atoms with E-state index in [4.69, 9.17) is 0 Å². The minimum atomic E-state index is -3.00. The Morgan fingerprint density at radius 2 is 2.30 bits per heavy atom. The Balaban J connectivity index is 2.33. The lowest BCUT2D eigenvalue weighted by Gasteiger charge is -2.23. The monoisotopic (exact) mass is 302 g/mol. The molecule has 7 heteroatoms. The molecular weight excluding hydrogens is 276 g/mol. The van der Waals surface area contributed by atoms with Crippen LogP contribution in [0, 0.1) is 0 Å². The minimum absolute atomic E-state index is 0.281. The van der Waals surface area contributed by atoms with Gasteiger partial charge in [0.2, 0.25) is 10.0 Å². The molecule has 1 fully saturated rings. The van der Waals surface area contributed by atoms with Gasteiger partial charge in [0.25, 0.3) is 0 Å². The van der Waals surface area contributed by atoms with E-state index in [0.717, 1.165) is 31.8 Å². The molecule has 6 nitrogen and oxygen atoms in total. The zero-order chi connectivity index (χ0) is 15.0. The molecule has 0 spiro atoms. The summed E-state index contributed by atoms with van der Waals surface area (Å²) in [6.07, 6.45) is 4.65. The molecule has 0 saturated carbocycles. The van der Waals surface area contributed by atoms with Crippen molar-refractivity contribution in [3.05, 3.63) is 12.7 Å². The Kier molecular flexibility index (Phi) is 7.01. The van der Waals surface area contributed by atoms with Crippen LogP contribution < -0.4 is 5.32 Å². The first kappa shape index (κ1) is 17.0. The molecule has 0 unspecified atom stereocenters. The summed E-state index contributed by atoms with van der Waals surface area (Å²) < 4.78 is 24.9. The number of hydrogen-bond acceptors (Lipinski definition) is 3. The third kappa shape index (κ3) is 5.13. The van der Waals surface area contributed by atoms with Gasteiger partial charge in [0, 0.05) is 40.3 Å². The summed E-state index contributed by atoms with van der Waals surface area (Å²) in [5.74, 6) is 1.08. The number of aliphatic imine (C=N–C) groups is 1. The largest absolute Gasteiger partial charge is 0.355 e. The number of allylic oxidation sites excluding steroid dienone is 1. The van der Waals surface area contributed by atoms with Crippen molar-refractivity contribution in [3.8, 4) is 0 Å². The van der Waals surface area contributed by atoms with E-state index in [2.05, 4.69) is 16.9 Å². The van der Waals surface area contributed by atoms with Crippen LogP contribution in [-0.2, 0) is 10.0 Å². The lowest BCUT2D eigenvalue weighted by Crippen LogP contribution is -2.43. The van der Waals surface area contributed by atoms with Crippen LogP contribution in [0.25, 0.3) is 0 Å². The molecule has 0 aliphatic carbocycles. The molecule has 1 N–H and O–H groups in total. The molecule has 0 aromatic rings. The van der Waals surface area contributed by atoms with Crippen molar-refractivity contribution in [2.75, 3.05) is 46.0 Å². The second-order valence-electron chi connectivity index (χ2n) is 4.90. The summed E-state index contributed by atoms with van der Waals surface area (Å²) in [5, 5.41) is 3.20. The first-order chi connectivity index (χ1) is 9.51. The van der Waals surface area contributed by atoms with Crippen molar-refractivity contribution in [3.63, 3.8) is 0 Å². The van der Waals surface area contributed by atoms with Crippen molar-refractivity contribution < 1.29 is 8.42 Å². The van der Waals surface area contributed by atoms with E-state index in [0.29, 0.717) is 19.6 Å². The zero-order valence-corrected chi connectivity index (χ0v) is 13.3. The van der Waals surface area contributed by atoms with Gasteiger partial charge < -0.3 is 10.2 Å². The summed E-state index contributed by atoms with van der Waals surface area (Å²) in [7, 11) is 0.711. The molecule has 1 saturated heterocycles. The third-order valence-electron chi connectivity index (χ3n) is 3.32. The molecule has 0 radical (unpaired) electrons. The number of nitrogens with one attached hydrogen (secondary N) is 1. The predicted octanol–water partition coefficient (Wildman–Crippen LogP) is 0.495. The van der Waals surface area contributed by atoms with E-state index in [9.17, 15) is 8.42 Å². The fraction of sp³-hybridized carbons (Fsp3) is 0.769. The SMILES string of the molecule is C=CCCCN(C)C(=NC)NCCN1CCCS1(=O)=O. The Hall–Kier alpha value is -1.08. The van der Waals surface area contributed by atoms with E-state index >= 15 is 0 Å². The average Bonchev–Trinajstić information content (AvgIpc) is 2.74. The summed E-state index contributed by atoms with van der Waals surface area (Å²) in [4.78, 5) is 6.25. The molecule has 1 heterocycles. The van der Waals surface area contributed by atoms with Crippen molar-refractivity contribution in [2.45, 2.75) is 19.3 Å². The Bertz CT molecular complexity index is 434. The summed E-state index contributed by atoms with van der Waals surface area (Å²) in [5.41, 5.74) is 0. The molecule has 116 valence electrons. The van der Waals surface area contributed by atoms with Crippen LogP contribution in [0.2, 0.25) is 0 Å². The summed E-state index contributed by atoms with van der Waals surface area (Å²) >= 11 is 0. The highest BCUT2D eigenvalue weighted by atomic mass is 32.2. The molecule has 0 aromatic heterocycles. The number of sulfonamides is 1. The van der Waals surface area contributed by atoms with E-state index in [1.165, 1.54) is 0 Å². The molecule has 1 rings (SSSR count). The van der Waals surface area contributed by atoms with Crippen molar-refractivity contribution in [2.24, 2.45) is 4.99 Å². The number of unbranched alkanes of at least 4 members (excludes halogenated alkanes) is 1. The molecule has 1 aliphatic heterocycles. The fourth-order valence-corrected chi connectivity index (χ4v) is 3.73. The maximum atomic E-state index is 11.7. The van der Waals surface area contributed by atoms with Gasteiger partial charge in [-0.15, -0.1) is 6.58 Å². The van der Waals surface area contributed by atoms with Crippen molar-refractivity contribution in [1.82, 2.24) is 14.5 Å². The minimum Gasteiger partial charge on any atom is -0.355 e. The van der Waals surface area contributed by atoms with Crippen LogP contribution in [0.5, 0.6) is 0 Å². The van der Waals surface area contributed by atoms with Gasteiger partial charge in [-0.05, 0) is 19.3 Å². The van der Waals surface area contributed by atoms with Gasteiger partial charge in [0.1, 0.15) is 0 Å². The van der Waals surface area contributed by atoms with Crippen LogP contribution >= 0.6 is 0 Å². The van der Waals surface area contributed by atoms with E-state index in [-0.39, 0.29) is 5.75 Å². The molecule has 1 aliphatic rings. The number of hydrogen-bond donors (Lipinski definition) is 1. The first-order valence-corrected chi connectivity index (χ1v) is 8.62. The lowest BCUT2D eigenvalue weighted by atomic mass is 10.3. The normalized spacial score (nSPS) is 19.0. The van der Waals surface area contributed by atoms with Crippen molar-refractivity contribution >= 4 is 16.0 Å². The second-order valence-corrected chi connectivity index (χ2v) is 6.98. The van der Waals surface area contributed by atoms with Crippen molar-refractivity contribution in [1.29, 1.82) is 0 Å². The molecule has 0 amide bonds. The highest BCUT2D eigenvalue weighted by Gasteiger charge is 2.27. The molecule has 0 aromatic carbocycles. The maximum absolute atomic E-state index is 11.7. The molecular formula is C13H26N4O2S. The Labute approximate surface area is 122 Å². The van der Waals surface area contributed by atoms with Gasteiger partial charge in [0.15, 0.2) is 5.96 Å².